The maximum Gasteiger partial charge on any atom is 0.227 e. The Morgan fingerprint density at radius 1 is 1.19 bits per heavy atom. The lowest BCUT2D eigenvalue weighted by molar-refractivity contribution is -0.130. The minimum Gasteiger partial charge on any atom is -0.361 e. The minimum absolute atomic E-state index is 0.139. The van der Waals surface area contributed by atoms with E-state index in [1.54, 1.807) is 0 Å². The Kier molecular flexibility index (Phi) is 5.69. The molecule has 26 heavy (non-hydrogen) atoms. The van der Waals surface area contributed by atoms with Gasteiger partial charge in [0.05, 0.1) is 23.7 Å². The molecule has 0 bridgehead atoms. The quantitative estimate of drug-likeness (QED) is 0.845. The number of aromatic nitrogens is 1. The van der Waals surface area contributed by atoms with E-state index in [4.69, 9.17) is 9.78 Å². The highest BCUT2D eigenvalue weighted by atomic mass is 16.5. The number of hydrogen-bond donors (Lipinski definition) is 0. The molecule has 0 atom stereocenters. The van der Waals surface area contributed by atoms with Gasteiger partial charge in [0, 0.05) is 38.3 Å². The van der Waals surface area contributed by atoms with Crippen LogP contribution in [0.5, 0.6) is 0 Å². The van der Waals surface area contributed by atoms with E-state index in [2.05, 4.69) is 16.1 Å². The number of carbonyl (C=O) groups is 1. The van der Waals surface area contributed by atoms with E-state index >= 15 is 0 Å². The average Bonchev–Trinajstić information content (AvgIpc) is 2.85. The molecule has 1 aliphatic rings. The van der Waals surface area contributed by atoms with Gasteiger partial charge in [0.25, 0.3) is 0 Å². The Hall–Kier alpha value is -2.65. The van der Waals surface area contributed by atoms with E-state index < -0.39 is 0 Å². The Morgan fingerprint density at radius 2 is 1.96 bits per heavy atom. The molecule has 2 heterocycles. The molecule has 0 radical (unpaired) electrons. The van der Waals surface area contributed by atoms with Crippen LogP contribution in [0.1, 0.15) is 34.6 Å². The third-order valence-electron chi connectivity index (χ3n) is 4.94. The summed E-state index contributed by atoms with van der Waals surface area (Å²) in [6, 6.07) is 9.86. The van der Waals surface area contributed by atoms with Crippen molar-refractivity contribution in [2.75, 3.05) is 26.2 Å². The molecule has 1 aromatic carbocycles. The van der Waals surface area contributed by atoms with Gasteiger partial charge >= 0.3 is 0 Å². The molecule has 0 N–H and O–H groups in total. The number of benzene rings is 1. The van der Waals surface area contributed by atoms with Crippen molar-refractivity contribution >= 4 is 5.91 Å². The van der Waals surface area contributed by atoms with Gasteiger partial charge in [0.2, 0.25) is 5.91 Å². The summed E-state index contributed by atoms with van der Waals surface area (Å²) in [5, 5.41) is 12.8. The zero-order valence-corrected chi connectivity index (χ0v) is 15.4. The first-order chi connectivity index (χ1) is 12.6. The maximum atomic E-state index is 12.7. The van der Waals surface area contributed by atoms with Gasteiger partial charge in [-0.25, -0.2) is 0 Å². The van der Waals surface area contributed by atoms with Crippen molar-refractivity contribution in [2.45, 2.75) is 33.2 Å². The summed E-state index contributed by atoms with van der Waals surface area (Å²) in [4.78, 5) is 17.0. The molecule has 0 spiro atoms. The van der Waals surface area contributed by atoms with Crippen LogP contribution < -0.4 is 0 Å². The highest BCUT2D eigenvalue weighted by Gasteiger charge is 2.21. The predicted molar refractivity (Wildman–Crippen MR) is 97.3 cm³/mol. The smallest absolute Gasteiger partial charge is 0.227 e. The van der Waals surface area contributed by atoms with E-state index in [0.717, 1.165) is 56.2 Å². The van der Waals surface area contributed by atoms with Gasteiger partial charge in [0.1, 0.15) is 5.76 Å². The van der Waals surface area contributed by atoms with Crippen LogP contribution in [0.3, 0.4) is 0 Å². The fraction of sp³-hybridized carbons (Fsp3) is 0.450. The Bertz CT molecular complexity index is 785. The molecule has 6 heteroatoms. The van der Waals surface area contributed by atoms with Gasteiger partial charge < -0.3 is 9.42 Å². The number of nitrogens with zero attached hydrogens (tertiary/aromatic N) is 4. The third kappa shape index (κ3) is 4.30. The third-order valence-corrected chi connectivity index (χ3v) is 4.94. The number of amides is 1. The first-order valence-corrected chi connectivity index (χ1v) is 8.97. The Balaban J connectivity index is 1.55. The summed E-state index contributed by atoms with van der Waals surface area (Å²) in [5.74, 6) is 0.868. The number of rotatable bonds is 4. The molecule has 136 valence electrons. The lowest BCUT2D eigenvalue weighted by atomic mass is 10.1. The van der Waals surface area contributed by atoms with Gasteiger partial charge in [-0.2, -0.15) is 5.26 Å². The Labute approximate surface area is 154 Å². The number of carbonyl (C=O) groups excluding carboxylic acids is 1. The van der Waals surface area contributed by atoms with E-state index in [0.29, 0.717) is 12.0 Å². The van der Waals surface area contributed by atoms with Crippen molar-refractivity contribution in [3.05, 3.63) is 52.4 Å². The van der Waals surface area contributed by atoms with Crippen LogP contribution in [-0.2, 0) is 17.8 Å². The molecule has 1 saturated heterocycles. The van der Waals surface area contributed by atoms with Gasteiger partial charge in [0.15, 0.2) is 0 Å². The Morgan fingerprint density at radius 3 is 2.62 bits per heavy atom. The molecule has 6 nitrogen and oxygen atoms in total. The zero-order valence-electron chi connectivity index (χ0n) is 15.4. The second kappa shape index (κ2) is 8.15. The van der Waals surface area contributed by atoms with Crippen molar-refractivity contribution in [1.29, 1.82) is 5.26 Å². The molecule has 0 saturated carbocycles. The minimum atomic E-state index is 0.139. The molecular weight excluding hydrogens is 328 g/mol. The predicted octanol–water partition coefficient (Wildman–Crippen LogP) is 2.44. The molecule has 1 fully saturated rings. The maximum absolute atomic E-state index is 12.7. The number of nitriles is 1. The molecule has 1 amide bonds. The molecule has 2 aromatic rings. The summed E-state index contributed by atoms with van der Waals surface area (Å²) in [5.41, 5.74) is 3.59. The lowest BCUT2D eigenvalue weighted by Crippen LogP contribution is -2.36. The zero-order chi connectivity index (χ0) is 18.5. The fourth-order valence-corrected chi connectivity index (χ4v) is 3.34. The van der Waals surface area contributed by atoms with Crippen molar-refractivity contribution in [2.24, 2.45) is 0 Å². The monoisotopic (exact) mass is 352 g/mol. The normalized spacial score (nSPS) is 15.5. The van der Waals surface area contributed by atoms with Gasteiger partial charge in [-0.3, -0.25) is 9.69 Å². The summed E-state index contributed by atoms with van der Waals surface area (Å²) >= 11 is 0. The summed E-state index contributed by atoms with van der Waals surface area (Å²) in [6.45, 7) is 7.91. The molecule has 1 aromatic heterocycles. The molecule has 1 aliphatic heterocycles. The van der Waals surface area contributed by atoms with Crippen LogP contribution >= 0.6 is 0 Å². The van der Waals surface area contributed by atoms with E-state index in [9.17, 15) is 4.79 Å². The van der Waals surface area contributed by atoms with Crippen LogP contribution in [0.25, 0.3) is 0 Å². The topological polar surface area (TPSA) is 73.4 Å². The molecular formula is C20H24N4O2. The average molecular weight is 352 g/mol. The fourth-order valence-electron chi connectivity index (χ4n) is 3.34. The summed E-state index contributed by atoms with van der Waals surface area (Å²) < 4.78 is 5.16. The van der Waals surface area contributed by atoms with E-state index in [1.165, 1.54) is 5.56 Å². The van der Waals surface area contributed by atoms with Crippen LogP contribution in [0.15, 0.2) is 28.8 Å². The van der Waals surface area contributed by atoms with Crippen LogP contribution in [0.4, 0.5) is 0 Å². The first kappa shape index (κ1) is 18.2. The van der Waals surface area contributed by atoms with Crippen molar-refractivity contribution in [1.82, 2.24) is 15.0 Å². The molecule has 0 unspecified atom stereocenters. The number of aryl methyl sites for hydroxylation is 2. The lowest BCUT2D eigenvalue weighted by Gasteiger charge is -2.22. The molecule has 0 aliphatic carbocycles. The van der Waals surface area contributed by atoms with Crippen molar-refractivity contribution < 1.29 is 9.32 Å². The van der Waals surface area contributed by atoms with Crippen molar-refractivity contribution in [3.8, 4) is 6.07 Å². The standard InChI is InChI=1S/C20H24N4O2/c1-15-19(16(2)26-22-15)12-20(25)24-9-3-8-23(10-11-24)14-18-6-4-17(13-21)5-7-18/h4-7H,3,8-12,14H2,1-2H3. The van der Waals surface area contributed by atoms with Crippen LogP contribution in [0, 0.1) is 25.2 Å². The molecule has 3 rings (SSSR count). The van der Waals surface area contributed by atoms with Crippen LogP contribution in [0.2, 0.25) is 0 Å². The SMILES string of the molecule is Cc1noc(C)c1CC(=O)N1CCCN(Cc2ccc(C#N)cc2)CC1. The van der Waals surface area contributed by atoms with Gasteiger partial charge in [-0.15, -0.1) is 0 Å². The van der Waals surface area contributed by atoms with E-state index in [1.807, 2.05) is 43.0 Å². The van der Waals surface area contributed by atoms with E-state index in [-0.39, 0.29) is 5.91 Å². The highest BCUT2D eigenvalue weighted by Crippen LogP contribution is 2.16. The first-order valence-electron chi connectivity index (χ1n) is 8.97. The van der Waals surface area contributed by atoms with Crippen LogP contribution in [-0.4, -0.2) is 47.0 Å². The number of hydrogen-bond acceptors (Lipinski definition) is 5. The summed E-state index contributed by atoms with van der Waals surface area (Å²) in [6.07, 6.45) is 1.32. The second-order valence-electron chi connectivity index (χ2n) is 6.80. The van der Waals surface area contributed by atoms with Gasteiger partial charge in [-0.05, 0) is 38.0 Å². The summed E-state index contributed by atoms with van der Waals surface area (Å²) in [7, 11) is 0. The highest BCUT2D eigenvalue weighted by molar-refractivity contribution is 5.79. The van der Waals surface area contributed by atoms with Gasteiger partial charge in [-0.1, -0.05) is 17.3 Å². The second-order valence-corrected chi connectivity index (χ2v) is 6.80. The van der Waals surface area contributed by atoms with Crippen molar-refractivity contribution in [3.63, 3.8) is 0 Å². The largest absolute Gasteiger partial charge is 0.361 e.